The van der Waals surface area contributed by atoms with E-state index in [4.69, 9.17) is 16.3 Å². The van der Waals surface area contributed by atoms with Crippen LogP contribution in [0.1, 0.15) is 13.3 Å². The third-order valence-electron chi connectivity index (χ3n) is 4.69. The summed E-state index contributed by atoms with van der Waals surface area (Å²) in [5.41, 5.74) is 0.624. The lowest BCUT2D eigenvalue weighted by Crippen LogP contribution is -2.54. The zero-order valence-electron chi connectivity index (χ0n) is 14.3. The smallest absolute Gasteiger partial charge is 0.228 e. The number of ether oxygens (including phenoxy) is 1. The molecule has 6 nitrogen and oxygen atoms in total. The third-order valence-corrected chi connectivity index (χ3v) is 4.93. The van der Waals surface area contributed by atoms with Gasteiger partial charge in [-0.15, -0.1) is 12.4 Å². The van der Waals surface area contributed by atoms with E-state index in [1.54, 1.807) is 30.2 Å². The highest BCUT2D eigenvalue weighted by Crippen LogP contribution is 2.35. The van der Waals surface area contributed by atoms with Crippen molar-refractivity contribution in [1.82, 2.24) is 10.2 Å². The zero-order chi connectivity index (χ0) is 17.3. The molecular weight excluding hydrogens is 365 g/mol. The Morgan fingerprint density at radius 2 is 2.16 bits per heavy atom. The number of carbonyl (C=O) groups is 2. The van der Waals surface area contributed by atoms with Gasteiger partial charge in [-0.1, -0.05) is 11.6 Å². The largest absolute Gasteiger partial charge is 0.495 e. The van der Waals surface area contributed by atoms with Crippen molar-refractivity contribution in [2.75, 3.05) is 38.2 Å². The standard InChI is InChI=1S/C17H22ClN3O3.ClH/c1-11-9-19-5-6-20(11)17(23)12-7-16(22)21(10-12)14-8-13(18)3-4-15(14)24-2;/h3-4,8,11-12,19H,5-7,9-10H2,1-2H3;1H. The maximum atomic E-state index is 12.8. The van der Waals surface area contributed by atoms with E-state index in [1.807, 2.05) is 11.8 Å². The molecule has 25 heavy (non-hydrogen) atoms. The average Bonchev–Trinajstić information content (AvgIpc) is 2.96. The molecule has 2 aliphatic rings. The SMILES string of the molecule is COc1ccc(Cl)cc1N1CC(C(=O)N2CCNCC2C)CC1=O.Cl. The maximum Gasteiger partial charge on any atom is 0.228 e. The van der Waals surface area contributed by atoms with E-state index >= 15 is 0 Å². The molecule has 1 aromatic rings. The quantitative estimate of drug-likeness (QED) is 0.860. The Morgan fingerprint density at radius 1 is 1.40 bits per heavy atom. The van der Waals surface area contributed by atoms with E-state index in [0.29, 0.717) is 29.5 Å². The molecule has 0 aliphatic carbocycles. The molecule has 3 rings (SSSR count). The van der Waals surface area contributed by atoms with Crippen LogP contribution in [0.2, 0.25) is 5.02 Å². The van der Waals surface area contributed by atoms with Crippen LogP contribution in [0.15, 0.2) is 18.2 Å². The van der Waals surface area contributed by atoms with Gasteiger partial charge in [0.05, 0.1) is 18.7 Å². The van der Waals surface area contributed by atoms with E-state index in [1.165, 1.54) is 0 Å². The molecule has 0 bridgehead atoms. The molecule has 138 valence electrons. The lowest BCUT2D eigenvalue weighted by Gasteiger charge is -2.35. The van der Waals surface area contributed by atoms with Gasteiger partial charge in [-0.05, 0) is 25.1 Å². The van der Waals surface area contributed by atoms with Crippen molar-refractivity contribution in [2.24, 2.45) is 5.92 Å². The van der Waals surface area contributed by atoms with E-state index in [2.05, 4.69) is 5.32 Å². The summed E-state index contributed by atoms with van der Waals surface area (Å²) < 4.78 is 5.33. The number of carbonyl (C=O) groups excluding carboxylic acids is 2. The summed E-state index contributed by atoms with van der Waals surface area (Å²) in [7, 11) is 1.55. The second-order valence-corrected chi connectivity index (χ2v) is 6.74. The van der Waals surface area contributed by atoms with Crippen LogP contribution in [0.4, 0.5) is 5.69 Å². The number of halogens is 2. The molecule has 8 heteroatoms. The number of amides is 2. The van der Waals surface area contributed by atoms with Gasteiger partial charge >= 0.3 is 0 Å². The second kappa shape index (κ2) is 8.25. The summed E-state index contributed by atoms with van der Waals surface area (Å²) in [5.74, 6) is 0.246. The molecule has 1 N–H and O–H groups in total. The molecule has 0 radical (unpaired) electrons. The molecule has 2 unspecified atom stereocenters. The number of rotatable bonds is 3. The zero-order valence-corrected chi connectivity index (χ0v) is 15.9. The monoisotopic (exact) mass is 387 g/mol. The number of nitrogens with zero attached hydrogens (tertiary/aromatic N) is 2. The Hall–Kier alpha value is -1.50. The molecule has 2 saturated heterocycles. The van der Waals surface area contributed by atoms with Crippen molar-refractivity contribution in [3.8, 4) is 5.75 Å². The lowest BCUT2D eigenvalue weighted by atomic mass is 10.1. The first kappa shape index (κ1) is 19.8. The van der Waals surface area contributed by atoms with Crippen LogP contribution < -0.4 is 15.0 Å². The van der Waals surface area contributed by atoms with Crippen LogP contribution in [-0.4, -0.2) is 56.0 Å². The summed E-state index contributed by atoms with van der Waals surface area (Å²) in [4.78, 5) is 28.8. The fourth-order valence-corrected chi connectivity index (χ4v) is 3.55. The number of anilines is 1. The van der Waals surface area contributed by atoms with E-state index in [9.17, 15) is 9.59 Å². The van der Waals surface area contributed by atoms with Gasteiger partial charge in [0, 0.05) is 43.7 Å². The van der Waals surface area contributed by atoms with E-state index in [0.717, 1.165) is 13.1 Å². The van der Waals surface area contributed by atoms with Crippen LogP contribution in [0.3, 0.4) is 0 Å². The third kappa shape index (κ3) is 4.02. The average molecular weight is 388 g/mol. The van der Waals surface area contributed by atoms with Gasteiger partial charge in [0.1, 0.15) is 5.75 Å². The van der Waals surface area contributed by atoms with Gasteiger partial charge in [0.2, 0.25) is 11.8 Å². The number of benzene rings is 1. The van der Waals surface area contributed by atoms with Crippen molar-refractivity contribution >= 4 is 41.5 Å². The first-order valence-corrected chi connectivity index (χ1v) is 8.54. The summed E-state index contributed by atoms with van der Waals surface area (Å²) in [6.07, 6.45) is 0.227. The van der Waals surface area contributed by atoms with Crippen LogP contribution in [0.5, 0.6) is 5.75 Å². The van der Waals surface area contributed by atoms with Crippen LogP contribution in [-0.2, 0) is 9.59 Å². The predicted octanol–water partition coefficient (Wildman–Crippen LogP) is 1.94. The van der Waals surface area contributed by atoms with Gasteiger partial charge in [-0.2, -0.15) is 0 Å². The molecule has 2 fully saturated rings. The van der Waals surface area contributed by atoms with Gasteiger partial charge in [-0.3, -0.25) is 9.59 Å². The van der Waals surface area contributed by atoms with Crippen molar-refractivity contribution in [3.63, 3.8) is 0 Å². The number of nitrogens with one attached hydrogen (secondary N) is 1. The molecule has 2 heterocycles. The number of hydrogen-bond donors (Lipinski definition) is 1. The summed E-state index contributed by atoms with van der Waals surface area (Å²) in [6, 6.07) is 5.31. The van der Waals surface area contributed by atoms with Crippen molar-refractivity contribution in [2.45, 2.75) is 19.4 Å². The maximum absolute atomic E-state index is 12.8. The van der Waals surface area contributed by atoms with Gasteiger partial charge in [0.15, 0.2) is 0 Å². The normalized spacial score (nSPS) is 23.4. The molecule has 0 spiro atoms. The minimum Gasteiger partial charge on any atom is -0.495 e. The number of piperazine rings is 1. The Balaban J connectivity index is 0.00000225. The molecular formula is C17H23Cl2N3O3. The predicted molar refractivity (Wildman–Crippen MR) is 99.8 cm³/mol. The first-order chi connectivity index (χ1) is 11.5. The highest BCUT2D eigenvalue weighted by Gasteiger charge is 2.39. The molecule has 2 atom stereocenters. The Bertz CT molecular complexity index is 656. The first-order valence-electron chi connectivity index (χ1n) is 8.16. The summed E-state index contributed by atoms with van der Waals surface area (Å²) >= 11 is 6.06. The van der Waals surface area contributed by atoms with Crippen molar-refractivity contribution in [1.29, 1.82) is 0 Å². The van der Waals surface area contributed by atoms with Crippen LogP contribution in [0, 0.1) is 5.92 Å². The van der Waals surface area contributed by atoms with Gasteiger partial charge in [0.25, 0.3) is 0 Å². The second-order valence-electron chi connectivity index (χ2n) is 6.31. The van der Waals surface area contributed by atoms with Crippen molar-refractivity contribution in [3.05, 3.63) is 23.2 Å². The van der Waals surface area contributed by atoms with Crippen LogP contribution >= 0.6 is 24.0 Å². The Labute approximate surface area is 158 Å². The van der Waals surface area contributed by atoms with Crippen molar-refractivity contribution < 1.29 is 14.3 Å². The van der Waals surface area contributed by atoms with Gasteiger partial charge < -0.3 is 19.9 Å². The molecule has 2 aliphatic heterocycles. The Morgan fingerprint density at radius 3 is 2.84 bits per heavy atom. The highest BCUT2D eigenvalue weighted by molar-refractivity contribution is 6.31. The van der Waals surface area contributed by atoms with Crippen LogP contribution in [0.25, 0.3) is 0 Å². The number of hydrogen-bond acceptors (Lipinski definition) is 4. The Kier molecular flexibility index (Phi) is 6.54. The highest BCUT2D eigenvalue weighted by atomic mass is 35.5. The molecule has 0 saturated carbocycles. The fourth-order valence-electron chi connectivity index (χ4n) is 3.38. The minimum absolute atomic E-state index is 0. The minimum atomic E-state index is -0.318. The molecule has 0 aromatic heterocycles. The topological polar surface area (TPSA) is 61.9 Å². The fraction of sp³-hybridized carbons (Fsp3) is 0.529. The number of methoxy groups -OCH3 is 1. The van der Waals surface area contributed by atoms with Gasteiger partial charge in [-0.25, -0.2) is 0 Å². The molecule has 1 aromatic carbocycles. The van der Waals surface area contributed by atoms with E-state index in [-0.39, 0.29) is 42.6 Å². The molecule has 2 amide bonds. The summed E-state index contributed by atoms with van der Waals surface area (Å²) in [6.45, 7) is 4.66. The lowest BCUT2D eigenvalue weighted by molar-refractivity contribution is -0.138. The van der Waals surface area contributed by atoms with E-state index < -0.39 is 0 Å². The summed E-state index contributed by atoms with van der Waals surface area (Å²) in [5, 5.41) is 3.80.